The van der Waals surface area contributed by atoms with Crippen molar-refractivity contribution in [2.45, 2.75) is 19.3 Å². The Bertz CT molecular complexity index is 857. The highest BCUT2D eigenvalue weighted by molar-refractivity contribution is 5.94. The molecule has 2 amide bonds. The Morgan fingerprint density at radius 2 is 1.60 bits per heavy atom. The molecule has 6 nitrogen and oxygen atoms in total. The van der Waals surface area contributed by atoms with Crippen LogP contribution in [0.15, 0.2) is 48.5 Å². The second-order valence-electron chi connectivity index (χ2n) is 7.13. The van der Waals surface area contributed by atoms with E-state index in [4.69, 9.17) is 9.47 Å². The van der Waals surface area contributed by atoms with Crippen LogP contribution in [0.25, 0.3) is 0 Å². The van der Waals surface area contributed by atoms with Crippen LogP contribution in [0.1, 0.15) is 29.6 Å². The van der Waals surface area contributed by atoms with Crippen LogP contribution in [0.3, 0.4) is 0 Å². The van der Waals surface area contributed by atoms with Crippen LogP contribution in [-0.2, 0) is 4.79 Å². The lowest BCUT2D eigenvalue weighted by Crippen LogP contribution is -2.37. The molecule has 0 radical (unpaired) electrons. The van der Waals surface area contributed by atoms with E-state index >= 15 is 0 Å². The Balaban J connectivity index is 1.42. The number of methoxy groups -OCH3 is 1. The molecule has 1 heterocycles. The molecule has 0 saturated carbocycles. The SMILES string of the molecule is COc1ccc(OCCCC(=O)N2CCCN(C(=O)c3ccccc3F)CC2)cc1. The van der Waals surface area contributed by atoms with E-state index in [1.807, 2.05) is 24.3 Å². The number of benzene rings is 2. The van der Waals surface area contributed by atoms with E-state index in [1.54, 1.807) is 29.0 Å². The fourth-order valence-corrected chi connectivity index (χ4v) is 3.42. The first-order valence-corrected chi connectivity index (χ1v) is 10.2. The predicted octanol–water partition coefficient (Wildman–Crippen LogP) is 3.37. The van der Waals surface area contributed by atoms with E-state index in [0.717, 1.165) is 11.5 Å². The van der Waals surface area contributed by atoms with Crippen molar-refractivity contribution in [2.24, 2.45) is 0 Å². The highest BCUT2D eigenvalue weighted by atomic mass is 19.1. The zero-order chi connectivity index (χ0) is 21.3. The van der Waals surface area contributed by atoms with E-state index in [-0.39, 0.29) is 17.4 Å². The number of ether oxygens (including phenoxy) is 2. The molecule has 0 spiro atoms. The van der Waals surface area contributed by atoms with Gasteiger partial charge in [0.1, 0.15) is 17.3 Å². The molecule has 2 aromatic carbocycles. The van der Waals surface area contributed by atoms with Crippen LogP contribution in [0.5, 0.6) is 11.5 Å². The van der Waals surface area contributed by atoms with Gasteiger partial charge >= 0.3 is 0 Å². The summed E-state index contributed by atoms with van der Waals surface area (Å²) < 4.78 is 24.7. The van der Waals surface area contributed by atoms with Gasteiger partial charge in [0, 0.05) is 32.6 Å². The molecule has 0 N–H and O–H groups in total. The molecule has 0 aliphatic carbocycles. The number of carbonyl (C=O) groups excluding carboxylic acids is 2. The minimum absolute atomic E-state index is 0.0496. The molecular weight excluding hydrogens is 387 g/mol. The van der Waals surface area contributed by atoms with Crippen LogP contribution >= 0.6 is 0 Å². The highest BCUT2D eigenvalue weighted by Crippen LogP contribution is 2.17. The van der Waals surface area contributed by atoms with E-state index < -0.39 is 5.82 Å². The molecule has 0 atom stereocenters. The molecule has 1 saturated heterocycles. The van der Waals surface area contributed by atoms with E-state index in [1.165, 1.54) is 12.1 Å². The van der Waals surface area contributed by atoms with Crippen molar-refractivity contribution in [3.63, 3.8) is 0 Å². The van der Waals surface area contributed by atoms with Crippen molar-refractivity contribution in [1.29, 1.82) is 0 Å². The minimum atomic E-state index is -0.517. The second kappa shape index (κ2) is 10.6. The van der Waals surface area contributed by atoms with Crippen molar-refractivity contribution < 1.29 is 23.5 Å². The summed E-state index contributed by atoms with van der Waals surface area (Å²) in [6.07, 6.45) is 1.67. The second-order valence-corrected chi connectivity index (χ2v) is 7.13. The first-order valence-electron chi connectivity index (χ1n) is 10.2. The van der Waals surface area contributed by atoms with Gasteiger partial charge in [-0.05, 0) is 49.2 Å². The maximum absolute atomic E-state index is 13.9. The Hall–Kier alpha value is -3.09. The van der Waals surface area contributed by atoms with Crippen LogP contribution in [0.4, 0.5) is 4.39 Å². The average Bonchev–Trinajstić information content (AvgIpc) is 3.03. The zero-order valence-electron chi connectivity index (χ0n) is 17.2. The van der Waals surface area contributed by atoms with Gasteiger partial charge in [0.15, 0.2) is 0 Å². The molecule has 3 rings (SSSR count). The lowest BCUT2D eigenvalue weighted by atomic mass is 10.2. The summed E-state index contributed by atoms with van der Waals surface area (Å²) in [5.41, 5.74) is 0.0768. The van der Waals surface area contributed by atoms with Gasteiger partial charge < -0.3 is 19.3 Å². The summed E-state index contributed by atoms with van der Waals surface area (Å²) in [5.74, 6) is 0.710. The Morgan fingerprint density at radius 3 is 2.33 bits per heavy atom. The van der Waals surface area contributed by atoms with Crippen molar-refractivity contribution >= 4 is 11.8 Å². The Kier molecular flexibility index (Phi) is 7.65. The number of rotatable bonds is 7. The molecule has 0 aromatic heterocycles. The molecule has 7 heteroatoms. The van der Waals surface area contributed by atoms with Gasteiger partial charge in [0.2, 0.25) is 5.91 Å². The Labute approximate surface area is 176 Å². The maximum Gasteiger partial charge on any atom is 0.256 e. The molecule has 0 bridgehead atoms. The lowest BCUT2D eigenvalue weighted by Gasteiger charge is -2.22. The number of nitrogens with zero attached hydrogens (tertiary/aromatic N) is 2. The van der Waals surface area contributed by atoms with Crippen LogP contribution < -0.4 is 9.47 Å². The van der Waals surface area contributed by atoms with Crippen LogP contribution in [-0.4, -0.2) is 61.5 Å². The monoisotopic (exact) mass is 414 g/mol. The average molecular weight is 414 g/mol. The molecule has 0 unspecified atom stereocenters. The third-order valence-electron chi connectivity index (χ3n) is 5.10. The fourth-order valence-electron chi connectivity index (χ4n) is 3.42. The maximum atomic E-state index is 13.9. The first-order chi connectivity index (χ1) is 14.6. The third kappa shape index (κ3) is 5.72. The molecule has 1 fully saturated rings. The summed E-state index contributed by atoms with van der Waals surface area (Å²) >= 11 is 0. The largest absolute Gasteiger partial charge is 0.497 e. The van der Waals surface area contributed by atoms with Gasteiger partial charge in [-0.3, -0.25) is 9.59 Å². The molecule has 1 aliphatic rings. The number of hydrogen-bond donors (Lipinski definition) is 0. The standard InChI is InChI=1S/C23H27FN2O4/c1-29-18-9-11-19(12-10-18)30-17-4-8-22(27)25-13-5-14-26(16-15-25)23(28)20-6-2-3-7-21(20)24/h2-3,6-7,9-12H,4-5,8,13-17H2,1H3. The highest BCUT2D eigenvalue weighted by Gasteiger charge is 2.24. The smallest absolute Gasteiger partial charge is 0.256 e. The van der Waals surface area contributed by atoms with Gasteiger partial charge in [-0.1, -0.05) is 12.1 Å². The quantitative estimate of drug-likeness (QED) is 0.652. The van der Waals surface area contributed by atoms with E-state index in [2.05, 4.69) is 0 Å². The van der Waals surface area contributed by atoms with Gasteiger partial charge in [-0.25, -0.2) is 4.39 Å². The van der Waals surface area contributed by atoms with Crippen molar-refractivity contribution in [3.8, 4) is 11.5 Å². The summed E-state index contributed by atoms with van der Waals surface area (Å²) in [4.78, 5) is 28.5. The lowest BCUT2D eigenvalue weighted by molar-refractivity contribution is -0.131. The predicted molar refractivity (Wildman–Crippen MR) is 111 cm³/mol. The van der Waals surface area contributed by atoms with Gasteiger partial charge in [-0.2, -0.15) is 0 Å². The zero-order valence-corrected chi connectivity index (χ0v) is 17.2. The third-order valence-corrected chi connectivity index (χ3v) is 5.10. The number of carbonyl (C=O) groups is 2. The minimum Gasteiger partial charge on any atom is -0.497 e. The number of hydrogen-bond acceptors (Lipinski definition) is 4. The molecular formula is C23H27FN2O4. The number of amides is 2. The molecule has 160 valence electrons. The molecule has 1 aliphatic heterocycles. The van der Waals surface area contributed by atoms with Gasteiger partial charge in [-0.15, -0.1) is 0 Å². The topological polar surface area (TPSA) is 59.1 Å². The van der Waals surface area contributed by atoms with Crippen molar-refractivity contribution in [2.75, 3.05) is 39.9 Å². The summed E-state index contributed by atoms with van der Waals surface area (Å²) in [6, 6.07) is 13.3. The molecule has 30 heavy (non-hydrogen) atoms. The first kappa shape index (κ1) is 21.6. The Morgan fingerprint density at radius 1 is 0.933 bits per heavy atom. The van der Waals surface area contributed by atoms with Crippen LogP contribution in [0, 0.1) is 5.82 Å². The van der Waals surface area contributed by atoms with Crippen molar-refractivity contribution in [3.05, 3.63) is 59.9 Å². The fraction of sp³-hybridized carbons (Fsp3) is 0.391. The van der Waals surface area contributed by atoms with Crippen molar-refractivity contribution in [1.82, 2.24) is 9.80 Å². The summed E-state index contributed by atoms with van der Waals surface area (Å²) in [6.45, 7) is 2.42. The van der Waals surface area contributed by atoms with Gasteiger partial charge in [0.05, 0.1) is 19.3 Å². The summed E-state index contributed by atoms with van der Waals surface area (Å²) in [5, 5.41) is 0. The normalized spacial score (nSPS) is 14.2. The van der Waals surface area contributed by atoms with Crippen LogP contribution in [0.2, 0.25) is 0 Å². The van der Waals surface area contributed by atoms with E-state index in [9.17, 15) is 14.0 Å². The molecule has 2 aromatic rings. The number of halogens is 1. The van der Waals surface area contributed by atoms with Gasteiger partial charge in [0.25, 0.3) is 5.91 Å². The van der Waals surface area contributed by atoms with E-state index in [0.29, 0.717) is 52.0 Å². The summed E-state index contributed by atoms with van der Waals surface area (Å²) in [7, 11) is 1.61.